The van der Waals surface area contributed by atoms with E-state index in [1.807, 2.05) is 4.90 Å². The van der Waals surface area contributed by atoms with Crippen LogP contribution < -0.4 is 4.90 Å². The molecule has 6 heteroatoms. The van der Waals surface area contributed by atoms with Gasteiger partial charge in [0.15, 0.2) is 6.29 Å². The SMILES string of the molecule is COC1CCN(c2ccc(C=O)c(C(F)(F)F)c2)CC1. The zero-order valence-corrected chi connectivity index (χ0v) is 11.1. The van der Waals surface area contributed by atoms with E-state index in [9.17, 15) is 18.0 Å². The number of aldehydes is 1. The highest BCUT2D eigenvalue weighted by Crippen LogP contribution is 2.34. The van der Waals surface area contributed by atoms with Crippen molar-refractivity contribution in [1.29, 1.82) is 0 Å². The van der Waals surface area contributed by atoms with Crippen LogP contribution in [-0.4, -0.2) is 32.6 Å². The molecule has 0 unspecified atom stereocenters. The van der Waals surface area contributed by atoms with Crippen molar-refractivity contribution in [3.05, 3.63) is 29.3 Å². The first kappa shape index (κ1) is 14.8. The molecule has 1 aliphatic heterocycles. The molecule has 0 radical (unpaired) electrons. The van der Waals surface area contributed by atoms with E-state index in [0.29, 0.717) is 18.8 Å². The molecule has 2 rings (SSSR count). The molecule has 1 heterocycles. The molecule has 1 fully saturated rings. The monoisotopic (exact) mass is 287 g/mol. The zero-order chi connectivity index (χ0) is 14.8. The van der Waals surface area contributed by atoms with Crippen LogP contribution in [-0.2, 0) is 10.9 Å². The molecule has 0 spiro atoms. The van der Waals surface area contributed by atoms with E-state index in [1.165, 1.54) is 6.07 Å². The van der Waals surface area contributed by atoms with Crippen LogP contribution in [0.3, 0.4) is 0 Å². The maximum atomic E-state index is 12.9. The number of carbonyl (C=O) groups excluding carboxylic acids is 1. The molecule has 1 aromatic carbocycles. The lowest BCUT2D eigenvalue weighted by Crippen LogP contribution is -2.36. The Bertz CT molecular complexity index is 480. The quantitative estimate of drug-likeness (QED) is 0.800. The van der Waals surface area contributed by atoms with Crippen molar-refractivity contribution in [2.24, 2.45) is 0 Å². The summed E-state index contributed by atoms with van der Waals surface area (Å²) in [5, 5.41) is 0. The molecule has 0 aliphatic carbocycles. The molecule has 110 valence electrons. The van der Waals surface area contributed by atoms with Crippen molar-refractivity contribution < 1.29 is 22.7 Å². The summed E-state index contributed by atoms with van der Waals surface area (Å²) in [6.45, 7) is 1.30. The number of rotatable bonds is 3. The number of anilines is 1. The van der Waals surface area contributed by atoms with Crippen molar-refractivity contribution in [3.8, 4) is 0 Å². The van der Waals surface area contributed by atoms with Crippen LogP contribution in [0.2, 0.25) is 0 Å². The Morgan fingerprint density at radius 3 is 2.45 bits per heavy atom. The van der Waals surface area contributed by atoms with Crippen molar-refractivity contribution in [1.82, 2.24) is 0 Å². The topological polar surface area (TPSA) is 29.5 Å². The van der Waals surface area contributed by atoms with Crippen LogP contribution in [0.5, 0.6) is 0 Å². The summed E-state index contributed by atoms with van der Waals surface area (Å²) in [5.41, 5.74) is -0.704. The predicted octanol–water partition coefficient (Wildman–Crippen LogP) is 3.13. The van der Waals surface area contributed by atoms with Gasteiger partial charge in [0.1, 0.15) is 0 Å². The van der Waals surface area contributed by atoms with E-state index in [2.05, 4.69) is 0 Å². The van der Waals surface area contributed by atoms with E-state index >= 15 is 0 Å². The summed E-state index contributed by atoms with van der Waals surface area (Å²) >= 11 is 0. The molecule has 0 saturated carbocycles. The lowest BCUT2D eigenvalue weighted by molar-refractivity contribution is -0.137. The van der Waals surface area contributed by atoms with Gasteiger partial charge < -0.3 is 9.64 Å². The van der Waals surface area contributed by atoms with E-state index in [-0.39, 0.29) is 18.0 Å². The van der Waals surface area contributed by atoms with Crippen LogP contribution in [0.4, 0.5) is 18.9 Å². The average molecular weight is 287 g/mol. The maximum Gasteiger partial charge on any atom is 0.417 e. The molecule has 0 N–H and O–H groups in total. The van der Waals surface area contributed by atoms with Gasteiger partial charge in [-0.2, -0.15) is 13.2 Å². The van der Waals surface area contributed by atoms with Gasteiger partial charge >= 0.3 is 6.18 Å². The lowest BCUT2D eigenvalue weighted by atomic mass is 10.0. The Balaban J connectivity index is 2.24. The third-order valence-electron chi connectivity index (χ3n) is 3.61. The minimum Gasteiger partial charge on any atom is -0.381 e. The molecule has 1 aromatic rings. The average Bonchev–Trinajstić information content (AvgIpc) is 2.46. The van der Waals surface area contributed by atoms with Crippen LogP contribution in [0.15, 0.2) is 18.2 Å². The minimum absolute atomic E-state index is 0.169. The molecule has 20 heavy (non-hydrogen) atoms. The summed E-state index contributed by atoms with van der Waals surface area (Å²) < 4.78 is 43.9. The Morgan fingerprint density at radius 1 is 1.30 bits per heavy atom. The second-order valence-corrected chi connectivity index (χ2v) is 4.81. The van der Waals surface area contributed by atoms with Crippen molar-refractivity contribution in [2.45, 2.75) is 25.1 Å². The molecule has 0 amide bonds. The fourth-order valence-corrected chi connectivity index (χ4v) is 2.44. The van der Waals surface area contributed by atoms with Gasteiger partial charge in [-0.15, -0.1) is 0 Å². The number of methoxy groups -OCH3 is 1. The number of carbonyl (C=O) groups is 1. The highest BCUT2D eigenvalue weighted by Gasteiger charge is 2.34. The first-order valence-corrected chi connectivity index (χ1v) is 6.40. The van der Waals surface area contributed by atoms with Gasteiger partial charge in [-0.3, -0.25) is 4.79 Å². The Morgan fingerprint density at radius 2 is 1.95 bits per heavy atom. The number of hydrogen-bond acceptors (Lipinski definition) is 3. The predicted molar refractivity (Wildman–Crippen MR) is 69.1 cm³/mol. The zero-order valence-electron chi connectivity index (χ0n) is 11.1. The highest BCUT2D eigenvalue weighted by molar-refractivity contribution is 5.79. The number of halogens is 3. The number of benzene rings is 1. The summed E-state index contributed by atoms with van der Waals surface area (Å²) in [7, 11) is 1.64. The first-order chi connectivity index (χ1) is 9.45. The summed E-state index contributed by atoms with van der Waals surface area (Å²) in [6, 6.07) is 3.84. The molecule has 1 aliphatic rings. The van der Waals surface area contributed by atoms with Crippen molar-refractivity contribution in [3.63, 3.8) is 0 Å². The Labute approximate surface area is 115 Å². The summed E-state index contributed by atoms with van der Waals surface area (Å²) in [5.74, 6) is 0. The largest absolute Gasteiger partial charge is 0.417 e. The van der Waals surface area contributed by atoms with Gasteiger partial charge in [-0.05, 0) is 31.0 Å². The van der Waals surface area contributed by atoms with Gasteiger partial charge in [-0.25, -0.2) is 0 Å². The van der Waals surface area contributed by atoms with Gasteiger partial charge in [0.25, 0.3) is 0 Å². The third-order valence-corrected chi connectivity index (χ3v) is 3.61. The lowest BCUT2D eigenvalue weighted by Gasteiger charge is -2.33. The normalized spacial score (nSPS) is 17.3. The molecule has 3 nitrogen and oxygen atoms in total. The molecule has 1 saturated heterocycles. The van der Waals surface area contributed by atoms with E-state index in [4.69, 9.17) is 4.74 Å². The maximum absolute atomic E-state index is 12.9. The Kier molecular flexibility index (Phi) is 4.32. The molecule has 0 bridgehead atoms. The summed E-state index contributed by atoms with van der Waals surface area (Å²) in [6.07, 6.45) is -2.54. The third kappa shape index (κ3) is 3.12. The molecule has 0 atom stereocenters. The summed E-state index contributed by atoms with van der Waals surface area (Å²) in [4.78, 5) is 12.6. The fourth-order valence-electron chi connectivity index (χ4n) is 2.44. The number of hydrogen-bond donors (Lipinski definition) is 0. The van der Waals surface area contributed by atoms with Crippen LogP contribution in [0, 0.1) is 0 Å². The number of nitrogens with zero attached hydrogens (tertiary/aromatic N) is 1. The van der Waals surface area contributed by atoms with Crippen LogP contribution in [0.1, 0.15) is 28.8 Å². The Hall–Kier alpha value is -1.56. The van der Waals surface area contributed by atoms with Gasteiger partial charge in [0.05, 0.1) is 11.7 Å². The second kappa shape index (κ2) is 5.83. The van der Waals surface area contributed by atoms with E-state index < -0.39 is 11.7 Å². The van der Waals surface area contributed by atoms with Gasteiger partial charge in [0, 0.05) is 31.5 Å². The number of ether oxygens (including phenoxy) is 1. The molecule has 0 aromatic heterocycles. The first-order valence-electron chi connectivity index (χ1n) is 6.40. The number of alkyl halides is 3. The highest BCUT2D eigenvalue weighted by atomic mass is 19.4. The fraction of sp³-hybridized carbons (Fsp3) is 0.500. The smallest absolute Gasteiger partial charge is 0.381 e. The van der Waals surface area contributed by atoms with Gasteiger partial charge in [-0.1, -0.05) is 0 Å². The van der Waals surface area contributed by atoms with Crippen LogP contribution in [0.25, 0.3) is 0 Å². The molecular weight excluding hydrogens is 271 g/mol. The van der Waals surface area contributed by atoms with E-state index in [0.717, 1.165) is 18.9 Å². The van der Waals surface area contributed by atoms with Crippen LogP contribution >= 0.6 is 0 Å². The van der Waals surface area contributed by atoms with Crippen molar-refractivity contribution in [2.75, 3.05) is 25.1 Å². The molecular formula is C14H16F3NO2. The van der Waals surface area contributed by atoms with E-state index in [1.54, 1.807) is 13.2 Å². The standard InChI is InChI=1S/C14H16F3NO2/c1-20-12-4-6-18(7-5-12)11-3-2-10(9-19)13(8-11)14(15,16)17/h2-3,8-9,12H,4-7H2,1H3. The van der Waals surface area contributed by atoms with Crippen molar-refractivity contribution >= 4 is 12.0 Å². The minimum atomic E-state index is -4.52. The van der Waals surface area contributed by atoms with Gasteiger partial charge in [0.2, 0.25) is 0 Å². The number of piperidine rings is 1. The second-order valence-electron chi connectivity index (χ2n) is 4.81.